The summed E-state index contributed by atoms with van der Waals surface area (Å²) in [5.41, 5.74) is 3.79. The Balaban J connectivity index is 1.62. The van der Waals surface area contributed by atoms with Crippen LogP contribution in [0, 0.1) is 6.92 Å². The van der Waals surface area contributed by atoms with E-state index in [1.807, 2.05) is 47.9 Å². The average Bonchev–Trinajstić information content (AvgIpc) is 2.92. The van der Waals surface area contributed by atoms with Crippen LogP contribution in [0.25, 0.3) is 5.65 Å². The lowest BCUT2D eigenvalue weighted by atomic mass is 10.1. The molecule has 0 atom stereocenters. The second kappa shape index (κ2) is 6.20. The summed E-state index contributed by atoms with van der Waals surface area (Å²) in [4.78, 5) is 16.5. The van der Waals surface area contributed by atoms with Crippen molar-refractivity contribution in [1.82, 2.24) is 14.7 Å². The fourth-order valence-electron chi connectivity index (χ4n) is 2.32. The van der Waals surface area contributed by atoms with Crippen LogP contribution in [-0.4, -0.2) is 15.3 Å². The molecule has 0 aliphatic carbocycles. The average molecular weight is 314 g/mol. The minimum Gasteiger partial charge on any atom is -0.350 e. The summed E-state index contributed by atoms with van der Waals surface area (Å²) in [6.07, 6.45) is 2.29. The number of rotatable bonds is 4. The van der Waals surface area contributed by atoms with E-state index in [2.05, 4.69) is 10.3 Å². The smallest absolute Gasteiger partial charge is 0.224 e. The van der Waals surface area contributed by atoms with Gasteiger partial charge in [-0.2, -0.15) is 0 Å². The van der Waals surface area contributed by atoms with Crippen LogP contribution in [0.2, 0.25) is 5.02 Å². The highest BCUT2D eigenvalue weighted by Crippen LogP contribution is 2.10. The lowest BCUT2D eigenvalue weighted by molar-refractivity contribution is -0.120. The zero-order chi connectivity index (χ0) is 15.5. The molecular formula is C17H16ClN3O. The van der Waals surface area contributed by atoms with Gasteiger partial charge in [0.05, 0.1) is 18.7 Å². The highest BCUT2D eigenvalue weighted by atomic mass is 35.5. The fraction of sp³-hybridized carbons (Fsp3) is 0.176. The molecule has 0 aliphatic heterocycles. The Morgan fingerprint density at radius 1 is 1.23 bits per heavy atom. The number of pyridine rings is 1. The summed E-state index contributed by atoms with van der Waals surface area (Å²) >= 11 is 5.83. The van der Waals surface area contributed by atoms with Crippen LogP contribution in [-0.2, 0) is 17.8 Å². The molecule has 22 heavy (non-hydrogen) atoms. The van der Waals surface area contributed by atoms with E-state index in [0.29, 0.717) is 18.0 Å². The summed E-state index contributed by atoms with van der Waals surface area (Å²) < 4.78 is 2.01. The third-order valence-corrected chi connectivity index (χ3v) is 3.74. The maximum atomic E-state index is 12.0. The lowest BCUT2D eigenvalue weighted by Crippen LogP contribution is -2.24. The molecule has 2 heterocycles. The van der Waals surface area contributed by atoms with Crippen molar-refractivity contribution < 1.29 is 4.79 Å². The highest BCUT2D eigenvalue weighted by Gasteiger charge is 2.06. The molecule has 0 saturated heterocycles. The van der Waals surface area contributed by atoms with Gasteiger partial charge in [0.2, 0.25) is 5.91 Å². The van der Waals surface area contributed by atoms with Gasteiger partial charge in [-0.3, -0.25) is 4.79 Å². The number of hydrogen-bond donors (Lipinski definition) is 1. The van der Waals surface area contributed by atoms with Crippen molar-refractivity contribution in [2.24, 2.45) is 0 Å². The number of carbonyl (C=O) groups excluding carboxylic acids is 1. The third-order valence-electron chi connectivity index (χ3n) is 3.49. The summed E-state index contributed by atoms with van der Waals surface area (Å²) in [7, 11) is 0. The molecule has 2 aromatic heterocycles. The fourth-order valence-corrected chi connectivity index (χ4v) is 2.45. The van der Waals surface area contributed by atoms with Gasteiger partial charge in [0.15, 0.2) is 0 Å². The largest absolute Gasteiger partial charge is 0.350 e. The second-order valence-corrected chi connectivity index (χ2v) is 5.64. The quantitative estimate of drug-likeness (QED) is 0.804. The number of benzene rings is 1. The number of amides is 1. The summed E-state index contributed by atoms with van der Waals surface area (Å²) in [6, 6.07) is 13.2. The minimum absolute atomic E-state index is 0.0314. The van der Waals surface area contributed by atoms with Crippen LogP contribution >= 0.6 is 11.6 Å². The van der Waals surface area contributed by atoms with Crippen LogP contribution in [0.3, 0.4) is 0 Å². The van der Waals surface area contributed by atoms with Gasteiger partial charge < -0.3 is 9.72 Å². The predicted molar refractivity (Wildman–Crippen MR) is 86.9 cm³/mol. The topological polar surface area (TPSA) is 46.4 Å². The first kappa shape index (κ1) is 14.6. The predicted octanol–water partition coefficient (Wildman–Crippen LogP) is 3.16. The van der Waals surface area contributed by atoms with E-state index >= 15 is 0 Å². The molecule has 4 nitrogen and oxygen atoms in total. The molecule has 0 saturated carbocycles. The van der Waals surface area contributed by atoms with Gasteiger partial charge in [-0.05, 0) is 36.8 Å². The maximum Gasteiger partial charge on any atom is 0.224 e. The van der Waals surface area contributed by atoms with E-state index in [1.54, 1.807) is 12.1 Å². The Kier molecular flexibility index (Phi) is 4.11. The number of aryl methyl sites for hydroxylation is 1. The van der Waals surface area contributed by atoms with E-state index in [-0.39, 0.29) is 5.91 Å². The van der Waals surface area contributed by atoms with Crippen molar-refractivity contribution in [2.45, 2.75) is 19.9 Å². The van der Waals surface area contributed by atoms with Gasteiger partial charge in [-0.25, -0.2) is 4.98 Å². The van der Waals surface area contributed by atoms with Crippen molar-refractivity contribution in [1.29, 1.82) is 0 Å². The number of imidazole rings is 1. The molecule has 1 aromatic carbocycles. The van der Waals surface area contributed by atoms with Crippen LogP contribution in [0.4, 0.5) is 0 Å². The first-order valence-electron chi connectivity index (χ1n) is 7.06. The van der Waals surface area contributed by atoms with Gasteiger partial charge in [0.1, 0.15) is 5.65 Å². The molecule has 0 unspecified atom stereocenters. The van der Waals surface area contributed by atoms with E-state index in [1.165, 1.54) is 0 Å². The number of halogens is 1. The molecule has 3 rings (SSSR count). The SMILES string of the molecule is Cc1cccc2nc(CNC(=O)Cc3ccc(Cl)cc3)cn12. The van der Waals surface area contributed by atoms with E-state index in [4.69, 9.17) is 11.6 Å². The molecule has 0 aliphatic rings. The van der Waals surface area contributed by atoms with Crippen molar-refractivity contribution in [3.05, 3.63) is 70.6 Å². The van der Waals surface area contributed by atoms with Crippen molar-refractivity contribution in [3.8, 4) is 0 Å². The molecule has 1 N–H and O–H groups in total. The lowest BCUT2D eigenvalue weighted by Gasteiger charge is -2.03. The third kappa shape index (κ3) is 3.28. The summed E-state index contributed by atoms with van der Waals surface area (Å²) in [5, 5.41) is 3.57. The molecule has 112 valence electrons. The molecule has 0 spiro atoms. The van der Waals surface area contributed by atoms with Gasteiger partial charge in [0.25, 0.3) is 0 Å². The van der Waals surface area contributed by atoms with Crippen LogP contribution in [0.1, 0.15) is 17.0 Å². The summed E-state index contributed by atoms with van der Waals surface area (Å²) in [5.74, 6) is -0.0314. The first-order valence-corrected chi connectivity index (χ1v) is 7.44. The molecule has 5 heteroatoms. The number of aromatic nitrogens is 2. The molecule has 3 aromatic rings. The van der Waals surface area contributed by atoms with Crippen LogP contribution in [0.15, 0.2) is 48.7 Å². The zero-order valence-electron chi connectivity index (χ0n) is 12.2. The van der Waals surface area contributed by atoms with Crippen molar-refractivity contribution in [2.75, 3.05) is 0 Å². The van der Waals surface area contributed by atoms with Crippen LogP contribution in [0.5, 0.6) is 0 Å². The Morgan fingerprint density at radius 2 is 2.00 bits per heavy atom. The van der Waals surface area contributed by atoms with E-state index < -0.39 is 0 Å². The van der Waals surface area contributed by atoms with Crippen LogP contribution < -0.4 is 5.32 Å². The van der Waals surface area contributed by atoms with Gasteiger partial charge in [-0.1, -0.05) is 29.8 Å². The number of fused-ring (bicyclic) bond motifs is 1. The molecule has 0 fully saturated rings. The second-order valence-electron chi connectivity index (χ2n) is 5.21. The normalized spacial score (nSPS) is 10.8. The molecule has 1 amide bonds. The monoisotopic (exact) mass is 313 g/mol. The Morgan fingerprint density at radius 3 is 2.73 bits per heavy atom. The van der Waals surface area contributed by atoms with E-state index in [9.17, 15) is 4.79 Å². The Bertz CT molecular complexity index is 808. The Labute approximate surface area is 133 Å². The number of nitrogens with zero attached hydrogens (tertiary/aromatic N) is 2. The molecule has 0 bridgehead atoms. The minimum atomic E-state index is -0.0314. The highest BCUT2D eigenvalue weighted by molar-refractivity contribution is 6.30. The number of carbonyl (C=O) groups is 1. The number of nitrogens with one attached hydrogen (secondary N) is 1. The van der Waals surface area contributed by atoms with Gasteiger partial charge in [0, 0.05) is 16.9 Å². The zero-order valence-corrected chi connectivity index (χ0v) is 13.0. The maximum absolute atomic E-state index is 12.0. The van der Waals surface area contributed by atoms with Crippen molar-refractivity contribution in [3.63, 3.8) is 0 Å². The first-order chi connectivity index (χ1) is 10.6. The Hall–Kier alpha value is -2.33. The van der Waals surface area contributed by atoms with Crippen molar-refractivity contribution >= 4 is 23.2 Å². The van der Waals surface area contributed by atoms with Gasteiger partial charge in [-0.15, -0.1) is 0 Å². The molecule has 0 radical (unpaired) electrons. The molecular weight excluding hydrogens is 298 g/mol. The van der Waals surface area contributed by atoms with Gasteiger partial charge >= 0.3 is 0 Å². The standard InChI is InChI=1S/C17H16ClN3O/c1-12-3-2-4-16-20-15(11-21(12)16)10-19-17(22)9-13-5-7-14(18)8-6-13/h2-8,11H,9-10H2,1H3,(H,19,22). The van der Waals surface area contributed by atoms with E-state index in [0.717, 1.165) is 22.6 Å². The number of hydrogen-bond acceptors (Lipinski definition) is 2. The summed E-state index contributed by atoms with van der Waals surface area (Å²) in [6.45, 7) is 2.45.